The van der Waals surface area contributed by atoms with E-state index in [1.165, 1.54) is 38.5 Å². The van der Waals surface area contributed by atoms with E-state index in [1.54, 1.807) is 24.3 Å². The van der Waals surface area contributed by atoms with Crippen LogP contribution in [0, 0.1) is 6.92 Å². The van der Waals surface area contributed by atoms with Crippen molar-refractivity contribution < 1.29 is 27.5 Å². The van der Waals surface area contributed by atoms with E-state index in [0.29, 0.717) is 48.0 Å². The quantitative estimate of drug-likeness (QED) is 0.242. The van der Waals surface area contributed by atoms with Crippen LogP contribution in [0.25, 0.3) is 6.08 Å². The Bertz CT molecular complexity index is 1280. The highest BCUT2D eigenvalue weighted by Gasteiger charge is 2.40. The lowest BCUT2D eigenvalue weighted by Gasteiger charge is -2.36. The van der Waals surface area contributed by atoms with Crippen LogP contribution in [0.3, 0.4) is 0 Å². The summed E-state index contributed by atoms with van der Waals surface area (Å²) in [5.74, 6) is -0.0260. The number of piperidine rings is 1. The van der Waals surface area contributed by atoms with Gasteiger partial charge < -0.3 is 25.4 Å². The third-order valence-electron chi connectivity index (χ3n) is 6.22. The zero-order valence-electron chi connectivity index (χ0n) is 21.6. The number of amides is 2. The smallest absolute Gasteiger partial charge is 0.245 e. The molecule has 2 aromatic carbocycles. The van der Waals surface area contributed by atoms with E-state index in [2.05, 4.69) is 20.7 Å². The fraction of sp³-hybridized carbons (Fsp3) is 0.385. The highest BCUT2D eigenvalue weighted by molar-refractivity contribution is 7.89. The van der Waals surface area contributed by atoms with Gasteiger partial charge in [-0.2, -0.15) is 0 Å². The van der Waals surface area contributed by atoms with Crippen LogP contribution in [-0.4, -0.2) is 66.2 Å². The van der Waals surface area contributed by atoms with E-state index in [4.69, 9.17) is 21.1 Å². The molecule has 0 bridgehead atoms. The van der Waals surface area contributed by atoms with Gasteiger partial charge in [0.2, 0.25) is 21.8 Å². The third kappa shape index (κ3) is 7.25. The molecule has 0 saturated carbocycles. The third-order valence-corrected chi connectivity index (χ3v) is 8.08. The summed E-state index contributed by atoms with van der Waals surface area (Å²) in [7, 11) is -0.730. The molecule has 1 fully saturated rings. The molecule has 0 radical (unpaired) electrons. The highest BCUT2D eigenvalue weighted by atomic mass is 35.5. The van der Waals surface area contributed by atoms with Crippen LogP contribution in [0.1, 0.15) is 24.0 Å². The molecule has 0 spiro atoms. The second-order valence-corrected chi connectivity index (χ2v) is 11.0. The Labute approximate surface area is 228 Å². The number of aryl methyl sites for hydroxylation is 1. The molecule has 1 saturated heterocycles. The van der Waals surface area contributed by atoms with Gasteiger partial charge in [-0.15, -0.1) is 0 Å². The number of carbonyl (C=O) groups excluding carboxylic acids is 2. The fourth-order valence-electron chi connectivity index (χ4n) is 4.07. The van der Waals surface area contributed by atoms with E-state index in [1.807, 2.05) is 6.92 Å². The molecule has 38 heavy (non-hydrogen) atoms. The molecule has 4 N–H and O–H groups in total. The van der Waals surface area contributed by atoms with Crippen molar-refractivity contribution in [1.82, 2.24) is 20.7 Å². The van der Waals surface area contributed by atoms with Gasteiger partial charge >= 0.3 is 0 Å². The maximum Gasteiger partial charge on any atom is 0.245 e. The molecule has 10 nitrogen and oxygen atoms in total. The summed E-state index contributed by atoms with van der Waals surface area (Å²) in [5.41, 5.74) is 0.362. The van der Waals surface area contributed by atoms with Crippen LogP contribution in [0.15, 0.2) is 47.4 Å². The summed E-state index contributed by atoms with van der Waals surface area (Å²) in [6.45, 7) is 3.02. The number of rotatable bonds is 11. The van der Waals surface area contributed by atoms with E-state index in [9.17, 15) is 18.0 Å². The Kier molecular flexibility index (Phi) is 10.1. The second kappa shape index (κ2) is 13.1. The molecule has 1 heterocycles. The first-order chi connectivity index (χ1) is 18.1. The number of hydrogen-bond donors (Lipinski definition) is 4. The van der Waals surface area contributed by atoms with E-state index >= 15 is 0 Å². The van der Waals surface area contributed by atoms with Crippen LogP contribution < -0.4 is 30.1 Å². The molecular formula is C26H33ClN4O6S. The van der Waals surface area contributed by atoms with Gasteiger partial charge in [0.15, 0.2) is 11.5 Å². The minimum atomic E-state index is -3.70. The summed E-state index contributed by atoms with van der Waals surface area (Å²) in [5, 5.41) is 9.08. The van der Waals surface area contributed by atoms with E-state index < -0.39 is 21.5 Å². The highest BCUT2D eigenvalue weighted by Crippen LogP contribution is 2.37. The van der Waals surface area contributed by atoms with Crippen molar-refractivity contribution in [2.75, 3.05) is 40.4 Å². The molecular weight excluding hydrogens is 532 g/mol. The Morgan fingerprint density at radius 1 is 1.05 bits per heavy atom. The number of methoxy groups -OCH3 is 2. The summed E-state index contributed by atoms with van der Waals surface area (Å²) < 4.78 is 37.9. The molecule has 3 rings (SSSR count). The maximum atomic E-state index is 13.2. The second-order valence-electron chi connectivity index (χ2n) is 8.83. The summed E-state index contributed by atoms with van der Waals surface area (Å²) in [4.78, 5) is 26.2. The summed E-state index contributed by atoms with van der Waals surface area (Å²) in [6.07, 6.45) is 3.60. The first-order valence-electron chi connectivity index (χ1n) is 12.1. The van der Waals surface area contributed by atoms with Crippen molar-refractivity contribution >= 4 is 39.5 Å². The summed E-state index contributed by atoms with van der Waals surface area (Å²) >= 11 is 6.39. The SMILES string of the molecule is COc1ccc(/C=C/C(=O)NC2(C(=O)NCCNS(=O)(=O)c3ccc(C)cc3)CCNCC2)c(Cl)c1OC. The first-order valence-corrected chi connectivity index (χ1v) is 13.9. The molecule has 206 valence electrons. The number of ether oxygens (including phenoxy) is 2. The number of sulfonamides is 1. The minimum Gasteiger partial charge on any atom is -0.493 e. The standard InChI is InChI=1S/C26H33ClN4O6S/c1-18-4-8-20(9-5-18)38(34,35)30-17-16-29-25(33)26(12-14-28-15-13-26)31-22(32)11-7-19-6-10-21(36-2)24(37-3)23(19)27/h4-11,28,30H,12-17H2,1-3H3,(H,29,33)(H,31,32)/b11-7+. The van der Waals surface area contributed by atoms with Crippen LogP contribution in [0.5, 0.6) is 11.5 Å². The van der Waals surface area contributed by atoms with Crippen LogP contribution in [0.4, 0.5) is 0 Å². The molecule has 0 atom stereocenters. The van der Waals surface area contributed by atoms with E-state index in [0.717, 1.165) is 5.56 Å². The van der Waals surface area contributed by atoms with Crippen molar-refractivity contribution in [3.63, 3.8) is 0 Å². The molecule has 12 heteroatoms. The Morgan fingerprint density at radius 2 is 1.74 bits per heavy atom. The van der Waals surface area contributed by atoms with Gasteiger partial charge in [-0.25, -0.2) is 13.1 Å². The molecule has 1 aliphatic rings. The maximum absolute atomic E-state index is 13.2. The van der Waals surface area contributed by atoms with Gasteiger partial charge in [0.1, 0.15) is 5.54 Å². The van der Waals surface area contributed by atoms with Crippen LogP contribution >= 0.6 is 11.6 Å². The average Bonchev–Trinajstić information content (AvgIpc) is 2.90. The zero-order valence-corrected chi connectivity index (χ0v) is 23.2. The van der Waals surface area contributed by atoms with E-state index in [-0.39, 0.29) is 23.9 Å². The first kappa shape index (κ1) is 29.4. The summed E-state index contributed by atoms with van der Waals surface area (Å²) in [6, 6.07) is 9.85. The number of benzene rings is 2. The monoisotopic (exact) mass is 564 g/mol. The number of halogens is 1. The Hall–Kier alpha value is -3.12. The molecule has 2 amide bonds. The molecule has 0 aliphatic carbocycles. The fourth-order valence-corrected chi connectivity index (χ4v) is 5.40. The lowest BCUT2D eigenvalue weighted by Crippen LogP contribution is -2.63. The molecule has 0 unspecified atom stereocenters. The van der Waals surface area contributed by atoms with Crippen LogP contribution in [-0.2, 0) is 19.6 Å². The van der Waals surface area contributed by atoms with Gasteiger partial charge in [0, 0.05) is 19.2 Å². The predicted molar refractivity (Wildman–Crippen MR) is 146 cm³/mol. The number of carbonyl (C=O) groups is 2. The van der Waals surface area contributed by atoms with Crippen molar-refractivity contribution in [2.45, 2.75) is 30.2 Å². The van der Waals surface area contributed by atoms with Crippen molar-refractivity contribution in [2.24, 2.45) is 0 Å². The zero-order chi connectivity index (χ0) is 27.8. The van der Waals surface area contributed by atoms with Gasteiger partial charge in [-0.05, 0) is 68.8 Å². The average molecular weight is 565 g/mol. The molecule has 1 aliphatic heterocycles. The lowest BCUT2D eigenvalue weighted by atomic mass is 9.87. The Balaban J connectivity index is 1.62. The van der Waals surface area contributed by atoms with Gasteiger partial charge in [0.25, 0.3) is 0 Å². The van der Waals surface area contributed by atoms with Crippen molar-refractivity contribution in [1.29, 1.82) is 0 Å². The number of hydrogen-bond acceptors (Lipinski definition) is 7. The van der Waals surface area contributed by atoms with Gasteiger partial charge in [-0.1, -0.05) is 29.3 Å². The van der Waals surface area contributed by atoms with Gasteiger partial charge in [0.05, 0.1) is 24.1 Å². The van der Waals surface area contributed by atoms with Crippen molar-refractivity contribution in [3.05, 3.63) is 58.6 Å². The normalized spacial score (nSPS) is 15.2. The molecule has 2 aromatic rings. The number of nitrogens with one attached hydrogen (secondary N) is 4. The Morgan fingerprint density at radius 3 is 2.37 bits per heavy atom. The predicted octanol–water partition coefficient (Wildman–Crippen LogP) is 2.01. The van der Waals surface area contributed by atoms with Crippen molar-refractivity contribution in [3.8, 4) is 11.5 Å². The largest absolute Gasteiger partial charge is 0.493 e. The molecule has 0 aromatic heterocycles. The lowest BCUT2D eigenvalue weighted by molar-refractivity contribution is -0.133. The minimum absolute atomic E-state index is 0.00192. The topological polar surface area (TPSA) is 135 Å². The van der Waals surface area contributed by atoms with Gasteiger partial charge in [-0.3, -0.25) is 9.59 Å². The van der Waals surface area contributed by atoms with Crippen LogP contribution in [0.2, 0.25) is 5.02 Å².